The van der Waals surface area contributed by atoms with Crippen molar-refractivity contribution in [2.75, 3.05) is 24.4 Å². The van der Waals surface area contributed by atoms with Crippen LogP contribution in [-0.4, -0.2) is 29.6 Å². The molecule has 0 spiro atoms. The highest BCUT2D eigenvalue weighted by Crippen LogP contribution is 2.38. The van der Waals surface area contributed by atoms with Crippen LogP contribution in [0.5, 0.6) is 5.75 Å². The highest BCUT2D eigenvalue weighted by molar-refractivity contribution is 6.31. The second kappa shape index (κ2) is 8.10. The van der Waals surface area contributed by atoms with Crippen molar-refractivity contribution in [1.29, 1.82) is 0 Å². The van der Waals surface area contributed by atoms with E-state index in [0.29, 0.717) is 24.6 Å². The molecule has 0 aliphatic carbocycles. The largest absolute Gasteiger partial charge is 0.492 e. The number of hydrogen-bond acceptors (Lipinski definition) is 6. The van der Waals surface area contributed by atoms with Gasteiger partial charge in [-0.15, -0.1) is 0 Å². The van der Waals surface area contributed by atoms with E-state index >= 15 is 0 Å². The zero-order chi connectivity index (χ0) is 20.3. The topological polar surface area (TPSA) is 72.7 Å². The predicted molar refractivity (Wildman–Crippen MR) is 110 cm³/mol. The number of hydrogen-bond donors (Lipinski definition) is 2. The molecule has 3 aromatic rings. The molecule has 0 radical (unpaired) electrons. The second-order valence-electron chi connectivity index (χ2n) is 6.36. The smallest absolute Gasteiger partial charge is 0.268 e. The Kier molecular flexibility index (Phi) is 5.37. The number of benzene rings is 2. The van der Waals surface area contributed by atoms with Gasteiger partial charge in [-0.3, -0.25) is 0 Å². The van der Waals surface area contributed by atoms with E-state index < -0.39 is 11.7 Å². The van der Waals surface area contributed by atoms with Gasteiger partial charge in [-0.05, 0) is 36.4 Å². The summed E-state index contributed by atoms with van der Waals surface area (Å²) >= 11 is 5.91. The lowest BCUT2D eigenvalue weighted by atomic mass is 10.0. The molecule has 150 valence electrons. The fourth-order valence-corrected chi connectivity index (χ4v) is 3.23. The van der Waals surface area contributed by atoms with Crippen molar-refractivity contribution in [2.45, 2.75) is 12.4 Å². The minimum Gasteiger partial charge on any atom is -0.492 e. The quantitative estimate of drug-likeness (QED) is 0.569. The Labute approximate surface area is 172 Å². The Hall–Kier alpha value is -3.10. The van der Waals surface area contributed by atoms with Gasteiger partial charge in [0, 0.05) is 30.9 Å². The van der Waals surface area contributed by atoms with Gasteiger partial charge in [0.25, 0.3) is 5.85 Å². The van der Waals surface area contributed by atoms with Crippen LogP contribution in [0.3, 0.4) is 0 Å². The first-order chi connectivity index (χ1) is 14.1. The molecule has 4 rings (SSSR count). The van der Waals surface area contributed by atoms with Crippen molar-refractivity contribution in [1.82, 2.24) is 9.55 Å². The van der Waals surface area contributed by atoms with Crippen molar-refractivity contribution in [3.8, 4) is 5.75 Å². The molecule has 2 aromatic carbocycles. The van der Waals surface area contributed by atoms with Gasteiger partial charge in [0.1, 0.15) is 18.2 Å². The van der Waals surface area contributed by atoms with Crippen LogP contribution in [-0.2, 0) is 17.1 Å². The fourth-order valence-electron chi connectivity index (χ4n) is 3.05. The van der Waals surface area contributed by atoms with E-state index in [1.165, 1.54) is 19.2 Å². The second-order valence-corrected chi connectivity index (χ2v) is 6.77. The molecule has 9 heteroatoms. The first-order valence-electron chi connectivity index (χ1n) is 8.91. The van der Waals surface area contributed by atoms with Gasteiger partial charge in [-0.1, -0.05) is 11.6 Å². The molecular weight excluding hydrogens is 397 g/mol. The number of aromatic nitrogens is 2. The summed E-state index contributed by atoms with van der Waals surface area (Å²) in [6, 6.07) is 9.96. The normalized spacial score (nSPS) is 17.5. The van der Waals surface area contributed by atoms with E-state index in [2.05, 4.69) is 20.6 Å². The van der Waals surface area contributed by atoms with Gasteiger partial charge in [-0.25, -0.2) is 14.4 Å². The summed E-state index contributed by atoms with van der Waals surface area (Å²) in [5.74, 6) is -1.04. The van der Waals surface area contributed by atoms with E-state index in [1.807, 2.05) is 29.0 Å². The van der Waals surface area contributed by atoms with Crippen molar-refractivity contribution in [3.05, 3.63) is 71.5 Å². The first kappa shape index (κ1) is 19.2. The third-order valence-electron chi connectivity index (χ3n) is 4.53. The Bertz CT molecular complexity index is 1030. The SMILES string of the molecule is COC1(Nc2ccc(F)c(Cl)c2)N=CNc2ccc(OCCn3ccnc3)cc21. The van der Waals surface area contributed by atoms with Crippen LogP contribution < -0.4 is 15.4 Å². The number of rotatable bonds is 7. The van der Waals surface area contributed by atoms with Crippen LogP contribution in [0.25, 0.3) is 0 Å². The van der Waals surface area contributed by atoms with E-state index in [1.54, 1.807) is 24.9 Å². The van der Waals surface area contributed by atoms with Crippen molar-refractivity contribution < 1.29 is 13.9 Å². The van der Waals surface area contributed by atoms with Crippen LogP contribution >= 0.6 is 11.6 Å². The van der Waals surface area contributed by atoms with E-state index in [4.69, 9.17) is 21.1 Å². The van der Waals surface area contributed by atoms with E-state index in [-0.39, 0.29) is 5.02 Å². The molecule has 1 unspecified atom stereocenters. The van der Waals surface area contributed by atoms with Crippen molar-refractivity contribution in [2.24, 2.45) is 4.99 Å². The van der Waals surface area contributed by atoms with E-state index in [0.717, 1.165) is 11.3 Å². The summed E-state index contributed by atoms with van der Waals surface area (Å²) in [6.45, 7) is 1.15. The molecule has 2 heterocycles. The number of anilines is 2. The third-order valence-corrected chi connectivity index (χ3v) is 4.82. The van der Waals surface area contributed by atoms with Gasteiger partial charge in [0.15, 0.2) is 0 Å². The maximum Gasteiger partial charge on any atom is 0.268 e. The summed E-state index contributed by atoms with van der Waals surface area (Å²) in [7, 11) is 1.54. The van der Waals surface area contributed by atoms with Gasteiger partial charge in [0.2, 0.25) is 0 Å². The molecule has 0 amide bonds. The summed E-state index contributed by atoms with van der Waals surface area (Å²) in [5, 5.41) is 6.30. The highest BCUT2D eigenvalue weighted by atomic mass is 35.5. The maximum atomic E-state index is 13.5. The third kappa shape index (κ3) is 4.03. The minimum atomic E-state index is -1.22. The van der Waals surface area contributed by atoms with Crippen LogP contribution in [0.2, 0.25) is 5.02 Å². The zero-order valence-electron chi connectivity index (χ0n) is 15.6. The van der Waals surface area contributed by atoms with Crippen LogP contribution in [0.4, 0.5) is 15.8 Å². The first-order valence-corrected chi connectivity index (χ1v) is 9.29. The van der Waals surface area contributed by atoms with Gasteiger partial charge in [-0.2, -0.15) is 0 Å². The number of fused-ring (bicyclic) bond motifs is 1. The van der Waals surface area contributed by atoms with Gasteiger partial charge < -0.3 is 24.7 Å². The lowest BCUT2D eigenvalue weighted by molar-refractivity contribution is 0.0189. The summed E-state index contributed by atoms with van der Waals surface area (Å²) in [6.07, 6.45) is 6.89. The molecule has 29 heavy (non-hydrogen) atoms. The molecule has 0 fully saturated rings. The lowest BCUT2D eigenvalue weighted by Gasteiger charge is -2.34. The highest BCUT2D eigenvalue weighted by Gasteiger charge is 2.36. The number of ether oxygens (including phenoxy) is 2. The molecule has 1 atom stereocenters. The van der Waals surface area contributed by atoms with Gasteiger partial charge in [0.05, 0.1) is 29.8 Å². The zero-order valence-corrected chi connectivity index (χ0v) is 16.4. The standard InChI is InChI=1S/C20H19ClFN5O2/c1-28-20(26-14-2-4-18(22)17(21)10-14)16-11-15(3-5-19(16)24-12-25-20)29-9-8-27-7-6-23-13-27/h2-7,10-13,26H,8-9H2,1H3,(H,24,25). The monoisotopic (exact) mass is 415 g/mol. The molecule has 1 aliphatic rings. The van der Waals surface area contributed by atoms with Crippen LogP contribution in [0.15, 0.2) is 60.1 Å². The van der Waals surface area contributed by atoms with E-state index in [9.17, 15) is 4.39 Å². The molecule has 1 aliphatic heterocycles. The predicted octanol–water partition coefficient (Wildman–Crippen LogP) is 4.08. The molecule has 7 nitrogen and oxygen atoms in total. The molecule has 1 aromatic heterocycles. The lowest BCUT2D eigenvalue weighted by Crippen LogP contribution is -2.39. The Morgan fingerprint density at radius 1 is 1.28 bits per heavy atom. The molecular formula is C20H19ClFN5O2. The summed E-state index contributed by atoms with van der Waals surface area (Å²) in [5.41, 5.74) is 2.10. The van der Waals surface area contributed by atoms with Crippen LogP contribution in [0.1, 0.15) is 5.56 Å². The molecule has 0 bridgehead atoms. The molecule has 0 saturated heterocycles. The van der Waals surface area contributed by atoms with Crippen molar-refractivity contribution >= 4 is 29.3 Å². The number of nitrogens with one attached hydrogen (secondary N) is 2. The summed E-state index contributed by atoms with van der Waals surface area (Å²) < 4.78 is 27.1. The Morgan fingerprint density at radius 3 is 2.93 bits per heavy atom. The Morgan fingerprint density at radius 2 is 2.17 bits per heavy atom. The summed E-state index contributed by atoms with van der Waals surface area (Å²) in [4.78, 5) is 8.47. The maximum absolute atomic E-state index is 13.5. The number of nitrogens with zero attached hydrogens (tertiary/aromatic N) is 3. The number of imidazole rings is 1. The number of aliphatic imine (C=N–C) groups is 1. The van der Waals surface area contributed by atoms with Crippen molar-refractivity contribution in [3.63, 3.8) is 0 Å². The Balaban J connectivity index is 1.58. The average Bonchev–Trinajstić information content (AvgIpc) is 3.25. The van der Waals surface area contributed by atoms with Gasteiger partial charge >= 0.3 is 0 Å². The molecule has 0 saturated carbocycles. The van der Waals surface area contributed by atoms with Crippen LogP contribution in [0, 0.1) is 5.82 Å². The fraction of sp³-hybridized carbons (Fsp3) is 0.200. The molecule has 2 N–H and O–H groups in total. The number of halogens is 2. The number of methoxy groups -OCH3 is 1. The minimum absolute atomic E-state index is 0.0102. The average molecular weight is 416 g/mol.